The maximum Gasteiger partial charge on any atom is 0.222 e. The zero-order valence-electron chi connectivity index (χ0n) is 13.9. The number of piperidine rings is 1. The lowest BCUT2D eigenvalue weighted by Crippen LogP contribution is -2.49. The van der Waals surface area contributed by atoms with Gasteiger partial charge in [0.25, 0.3) is 0 Å². The van der Waals surface area contributed by atoms with Crippen molar-refractivity contribution in [1.82, 2.24) is 29.8 Å². The van der Waals surface area contributed by atoms with Crippen molar-refractivity contribution >= 4 is 5.91 Å². The molecule has 1 fully saturated rings. The summed E-state index contributed by atoms with van der Waals surface area (Å²) in [7, 11) is 3.80. The third kappa shape index (κ3) is 3.01. The zero-order chi connectivity index (χ0) is 16.4. The number of likely N-dealkylation sites (tertiary alicyclic amines) is 1. The van der Waals surface area contributed by atoms with Crippen molar-refractivity contribution in [3.63, 3.8) is 0 Å². The molecule has 1 aliphatic rings. The molecule has 0 bridgehead atoms. The van der Waals surface area contributed by atoms with Gasteiger partial charge in [-0.3, -0.25) is 14.2 Å². The van der Waals surface area contributed by atoms with Gasteiger partial charge >= 0.3 is 0 Å². The van der Waals surface area contributed by atoms with E-state index in [9.17, 15) is 4.79 Å². The largest absolute Gasteiger partial charge is 0.336 e. The Kier molecular flexibility index (Phi) is 4.47. The molecule has 1 saturated heterocycles. The molecule has 2 aromatic rings. The van der Waals surface area contributed by atoms with Gasteiger partial charge in [0.2, 0.25) is 5.91 Å². The summed E-state index contributed by atoms with van der Waals surface area (Å²) in [6.45, 7) is 3.69. The molecule has 1 aliphatic heterocycles. The highest BCUT2D eigenvalue weighted by Gasteiger charge is 2.36. The van der Waals surface area contributed by atoms with E-state index in [2.05, 4.69) is 22.4 Å². The molecular weight excluding hydrogens is 292 g/mol. The van der Waals surface area contributed by atoms with Gasteiger partial charge in [0, 0.05) is 52.0 Å². The molecule has 7 heteroatoms. The van der Waals surface area contributed by atoms with Crippen LogP contribution in [-0.4, -0.2) is 43.5 Å². The van der Waals surface area contributed by atoms with Crippen molar-refractivity contribution in [3.8, 4) is 0 Å². The number of rotatable bonds is 5. The smallest absolute Gasteiger partial charge is 0.222 e. The van der Waals surface area contributed by atoms with Gasteiger partial charge in [-0.15, -0.1) is 0 Å². The second-order valence-corrected chi connectivity index (χ2v) is 5.99. The molecule has 3 rings (SSSR count). The van der Waals surface area contributed by atoms with Gasteiger partial charge in [-0.1, -0.05) is 0 Å². The minimum absolute atomic E-state index is 0.00162. The minimum Gasteiger partial charge on any atom is -0.336 e. The number of amides is 1. The Hall–Kier alpha value is -2.15. The molecule has 124 valence electrons. The van der Waals surface area contributed by atoms with Gasteiger partial charge in [-0.25, -0.2) is 0 Å². The first-order valence-electron chi connectivity index (χ1n) is 8.09. The van der Waals surface area contributed by atoms with Crippen molar-refractivity contribution in [1.29, 1.82) is 0 Å². The van der Waals surface area contributed by atoms with Crippen molar-refractivity contribution in [3.05, 3.63) is 35.9 Å². The molecule has 0 aliphatic carbocycles. The van der Waals surface area contributed by atoms with E-state index in [-0.39, 0.29) is 18.0 Å². The fourth-order valence-electron chi connectivity index (χ4n) is 3.36. The number of nitrogens with one attached hydrogen (secondary N) is 1. The van der Waals surface area contributed by atoms with E-state index < -0.39 is 0 Å². The van der Waals surface area contributed by atoms with Crippen LogP contribution in [0.5, 0.6) is 0 Å². The first-order chi connectivity index (χ1) is 11.1. The Bertz CT molecular complexity index is 676. The molecule has 0 aromatic carbocycles. The first-order valence-corrected chi connectivity index (χ1v) is 8.09. The van der Waals surface area contributed by atoms with Crippen LogP contribution >= 0.6 is 0 Å². The summed E-state index contributed by atoms with van der Waals surface area (Å²) in [5.41, 5.74) is 2.22. The number of likely N-dealkylation sites (N-methyl/N-ethyl adjacent to an activating group) is 1. The van der Waals surface area contributed by atoms with Gasteiger partial charge < -0.3 is 10.2 Å². The number of carbonyl (C=O) groups excluding carboxylic acids is 1. The van der Waals surface area contributed by atoms with Crippen LogP contribution < -0.4 is 5.32 Å². The maximum absolute atomic E-state index is 12.1. The van der Waals surface area contributed by atoms with Crippen LogP contribution in [0.15, 0.2) is 24.5 Å². The van der Waals surface area contributed by atoms with Crippen molar-refractivity contribution in [2.24, 2.45) is 7.05 Å². The van der Waals surface area contributed by atoms with E-state index in [0.717, 1.165) is 30.9 Å². The zero-order valence-corrected chi connectivity index (χ0v) is 13.9. The Balaban J connectivity index is 1.78. The van der Waals surface area contributed by atoms with Gasteiger partial charge in [0.05, 0.1) is 17.4 Å². The molecule has 0 spiro atoms. The summed E-state index contributed by atoms with van der Waals surface area (Å²) in [6, 6.07) is 4.23. The number of hydrogen-bond acceptors (Lipinski definition) is 4. The van der Waals surface area contributed by atoms with Crippen molar-refractivity contribution in [2.45, 2.75) is 44.9 Å². The van der Waals surface area contributed by atoms with Crippen molar-refractivity contribution < 1.29 is 4.79 Å². The Morgan fingerprint density at radius 3 is 2.74 bits per heavy atom. The summed E-state index contributed by atoms with van der Waals surface area (Å²) in [4.78, 5) is 14.0. The number of carbonyl (C=O) groups is 1. The average molecular weight is 316 g/mol. The topological polar surface area (TPSA) is 68.0 Å². The number of hydrogen-bond donors (Lipinski definition) is 1. The second-order valence-electron chi connectivity index (χ2n) is 5.99. The van der Waals surface area contributed by atoms with Crippen LogP contribution in [0.25, 0.3) is 0 Å². The van der Waals surface area contributed by atoms with Gasteiger partial charge in [-0.05, 0) is 25.5 Å². The summed E-state index contributed by atoms with van der Waals surface area (Å²) < 4.78 is 3.84. The SMILES string of the molecule is CCn1nccc1CN[C@@H]1CCC(=O)N(C)[C@H]1c1ccnn1C. The minimum atomic E-state index is 0.00162. The highest BCUT2D eigenvalue weighted by Crippen LogP contribution is 2.30. The Labute approximate surface area is 136 Å². The summed E-state index contributed by atoms with van der Waals surface area (Å²) in [6.07, 6.45) is 5.02. The lowest BCUT2D eigenvalue weighted by atomic mass is 9.93. The number of aryl methyl sites for hydroxylation is 2. The van der Waals surface area contributed by atoms with E-state index in [1.165, 1.54) is 0 Å². The number of aromatic nitrogens is 4. The molecule has 23 heavy (non-hydrogen) atoms. The van der Waals surface area contributed by atoms with E-state index in [0.29, 0.717) is 6.42 Å². The van der Waals surface area contributed by atoms with Crippen LogP contribution in [0, 0.1) is 0 Å². The lowest BCUT2D eigenvalue weighted by molar-refractivity contribution is -0.136. The third-order valence-electron chi connectivity index (χ3n) is 4.67. The van der Waals surface area contributed by atoms with E-state index in [4.69, 9.17) is 0 Å². The molecule has 2 atom stereocenters. The molecule has 3 heterocycles. The fourth-order valence-corrected chi connectivity index (χ4v) is 3.36. The second kappa shape index (κ2) is 6.54. The summed E-state index contributed by atoms with van der Waals surface area (Å²) >= 11 is 0. The predicted molar refractivity (Wildman–Crippen MR) is 86.5 cm³/mol. The third-order valence-corrected chi connectivity index (χ3v) is 4.67. The Morgan fingerprint density at radius 2 is 2.04 bits per heavy atom. The van der Waals surface area contributed by atoms with Crippen LogP contribution in [0.2, 0.25) is 0 Å². The van der Waals surface area contributed by atoms with Crippen LogP contribution in [0.1, 0.15) is 37.2 Å². The predicted octanol–water partition coefficient (Wildman–Crippen LogP) is 1.09. The van der Waals surface area contributed by atoms with Crippen LogP contribution in [0.4, 0.5) is 0 Å². The van der Waals surface area contributed by atoms with E-state index in [1.54, 1.807) is 6.20 Å². The van der Waals surface area contributed by atoms with Gasteiger partial charge in [0.15, 0.2) is 0 Å². The normalized spacial score (nSPS) is 21.9. The fraction of sp³-hybridized carbons (Fsp3) is 0.562. The highest BCUT2D eigenvalue weighted by molar-refractivity contribution is 5.77. The van der Waals surface area contributed by atoms with Crippen molar-refractivity contribution in [2.75, 3.05) is 7.05 Å². The van der Waals surface area contributed by atoms with Crippen LogP contribution in [-0.2, 0) is 24.9 Å². The molecular formula is C16H24N6O. The highest BCUT2D eigenvalue weighted by atomic mass is 16.2. The lowest BCUT2D eigenvalue weighted by Gasteiger charge is -2.39. The summed E-state index contributed by atoms with van der Waals surface area (Å²) in [5, 5.41) is 12.2. The summed E-state index contributed by atoms with van der Waals surface area (Å²) in [5.74, 6) is 0.188. The molecule has 1 N–H and O–H groups in total. The monoisotopic (exact) mass is 316 g/mol. The Morgan fingerprint density at radius 1 is 1.26 bits per heavy atom. The first kappa shape index (κ1) is 15.7. The average Bonchev–Trinajstić information content (AvgIpc) is 3.17. The molecule has 2 aromatic heterocycles. The van der Waals surface area contributed by atoms with E-state index >= 15 is 0 Å². The number of nitrogens with zero attached hydrogens (tertiary/aromatic N) is 5. The molecule has 7 nitrogen and oxygen atoms in total. The van der Waals surface area contributed by atoms with Crippen LogP contribution in [0.3, 0.4) is 0 Å². The molecule has 0 radical (unpaired) electrons. The van der Waals surface area contributed by atoms with E-state index in [1.807, 2.05) is 46.7 Å². The quantitative estimate of drug-likeness (QED) is 0.896. The standard InChI is InChI=1S/C16H24N6O/c1-4-22-12(7-9-19-22)11-17-13-5-6-15(23)20(2)16(13)14-8-10-18-21(14)3/h7-10,13,16-17H,4-6,11H2,1-3H3/t13-,16-/m1/s1. The maximum atomic E-state index is 12.1. The molecule has 1 amide bonds. The molecule has 0 unspecified atom stereocenters. The van der Waals surface area contributed by atoms with Gasteiger partial charge in [-0.2, -0.15) is 10.2 Å². The van der Waals surface area contributed by atoms with Gasteiger partial charge in [0.1, 0.15) is 0 Å². The molecule has 0 saturated carbocycles.